The number of para-hydroxylation sites is 1. The molecule has 1 aliphatic heterocycles. The number of hydrogen-bond donors (Lipinski definition) is 2. The first-order valence-electron chi connectivity index (χ1n) is 8.21. The lowest BCUT2D eigenvalue weighted by Crippen LogP contribution is -2.20. The number of aromatic nitrogens is 2. The van der Waals surface area contributed by atoms with E-state index in [0.717, 1.165) is 31.5 Å². The average molecular weight is 313 g/mol. The van der Waals surface area contributed by atoms with Crippen LogP contribution >= 0.6 is 0 Å². The van der Waals surface area contributed by atoms with Crippen LogP contribution < -0.4 is 5.32 Å². The van der Waals surface area contributed by atoms with Crippen LogP contribution in [0.2, 0.25) is 0 Å². The minimum atomic E-state index is -0.723. The van der Waals surface area contributed by atoms with E-state index < -0.39 is 5.97 Å². The van der Waals surface area contributed by atoms with Gasteiger partial charge in [0.1, 0.15) is 0 Å². The Bertz CT molecular complexity index is 693. The highest BCUT2D eigenvalue weighted by Gasteiger charge is 2.24. The highest BCUT2D eigenvalue weighted by atomic mass is 16.4. The average Bonchev–Trinajstić information content (AvgIpc) is 2.97. The highest BCUT2D eigenvalue weighted by molar-refractivity contribution is 5.70. The molecule has 0 fully saturated rings. The number of carboxylic acids is 1. The lowest BCUT2D eigenvalue weighted by molar-refractivity contribution is -0.142. The van der Waals surface area contributed by atoms with Crippen LogP contribution in [0.3, 0.4) is 0 Å². The van der Waals surface area contributed by atoms with E-state index in [2.05, 4.69) is 33.1 Å². The van der Waals surface area contributed by atoms with Gasteiger partial charge in [-0.05, 0) is 50.9 Å². The summed E-state index contributed by atoms with van der Waals surface area (Å²) < 4.78 is 2.13. The number of aliphatic carboxylic acids is 1. The van der Waals surface area contributed by atoms with Gasteiger partial charge >= 0.3 is 5.97 Å². The minimum Gasteiger partial charge on any atom is -0.481 e. The van der Waals surface area contributed by atoms with Crippen LogP contribution in [-0.4, -0.2) is 34.2 Å². The fourth-order valence-corrected chi connectivity index (χ4v) is 3.34. The molecule has 1 aliphatic rings. The third-order valence-corrected chi connectivity index (χ3v) is 4.60. The second-order valence-electron chi connectivity index (χ2n) is 6.12. The second-order valence-corrected chi connectivity index (χ2v) is 6.12. The number of carboxylic acid groups (broad SMARTS) is 1. The van der Waals surface area contributed by atoms with Crippen LogP contribution in [0.4, 0.5) is 0 Å². The van der Waals surface area contributed by atoms with Crippen molar-refractivity contribution in [2.75, 3.05) is 13.6 Å². The molecule has 0 radical (unpaired) electrons. The normalized spacial score (nSPS) is 14.1. The fraction of sp³-hybridized carbons (Fsp3) is 0.444. The van der Waals surface area contributed by atoms with E-state index in [4.69, 9.17) is 0 Å². The van der Waals surface area contributed by atoms with Crippen LogP contribution in [0.1, 0.15) is 29.8 Å². The largest absolute Gasteiger partial charge is 0.481 e. The van der Waals surface area contributed by atoms with Gasteiger partial charge in [0, 0.05) is 17.8 Å². The Morgan fingerprint density at radius 2 is 2.22 bits per heavy atom. The SMILES string of the molecule is CNCCC[C@@H](Cc1ncn2c1CCc1ccccc1-2)C(=O)O. The summed E-state index contributed by atoms with van der Waals surface area (Å²) in [6.45, 7) is 0.846. The summed E-state index contributed by atoms with van der Waals surface area (Å²) in [6, 6.07) is 8.34. The topological polar surface area (TPSA) is 67.2 Å². The third kappa shape index (κ3) is 3.29. The molecule has 5 heteroatoms. The number of aryl methyl sites for hydroxylation is 1. The van der Waals surface area contributed by atoms with Gasteiger partial charge in [-0.15, -0.1) is 0 Å². The summed E-state index contributed by atoms with van der Waals surface area (Å²) in [7, 11) is 1.89. The first-order chi connectivity index (χ1) is 11.2. The fourth-order valence-electron chi connectivity index (χ4n) is 3.34. The van der Waals surface area contributed by atoms with Gasteiger partial charge < -0.3 is 15.0 Å². The smallest absolute Gasteiger partial charge is 0.306 e. The van der Waals surface area contributed by atoms with E-state index in [9.17, 15) is 9.90 Å². The lowest BCUT2D eigenvalue weighted by atomic mass is 9.94. The lowest BCUT2D eigenvalue weighted by Gasteiger charge is -2.20. The number of fused-ring (bicyclic) bond motifs is 3. The Labute approximate surface area is 136 Å². The number of nitrogens with zero attached hydrogens (tertiary/aromatic N) is 2. The van der Waals surface area contributed by atoms with E-state index in [-0.39, 0.29) is 5.92 Å². The molecule has 1 aromatic carbocycles. The molecular weight excluding hydrogens is 290 g/mol. The second kappa shape index (κ2) is 6.96. The van der Waals surface area contributed by atoms with E-state index >= 15 is 0 Å². The Hall–Kier alpha value is -2.14. The Morgan fingerprint density at radius 1 is 1.39 bits per heavy atom. The van der Waals surface area contributed by atoms with Crippen molar-refractivity contribution in [1.82, 2.24) is 14.9 Å². The monoisotopic (exact) mass is 313 g/mol. The first kappa shape index (κ1) is 15.7. The molecule has 5 nitrogen and oxygen atoms in total. The van der Waals surface area contributed by atoms with Gasteiger partial charge in [-0.3, -0.25) is 4.79 Å². The Kier molecular flexibility index (Phi) is 4.76. The standard InChI is InChI=1S/C18H23N3O2/c1-19-10-4-6-14(18(22)23)11-15-17-9-8-13-5-2-3-7-16(13)21(17)12-20-15/h2-3,5,7,12,14,19H,4,6,8-11H2,1H3,(H,22,23)/t14-/m0/s1. The molecule has 3 rings (SSSR count). The zero-order chi connectivity index (χ0) is 16.2. The molecule has 0 amide bonds. The predicted molar refractivity (Wildman–Crippen MR) is 89.0 cm³/mol. The van der Waals surface area contributed by atoms with Crippen molar-refractivity contribution in [3.63, 3.8) is 0 Å². The van der Waals surface area contributed by atoms with Crippen LogP contribution in [0.5, 0.6) is 0 Å². The highest BCUT2D eigenvalue weighted by Crippen LogP contribution is 2.27. The molecule has 1 atom stereocenters. The minimum absolute atomic E-state index is 0.361. The van der Waals surface area contributed by atoms with Crippen molar-refractivity contribution in [1.29, 1.82) is 0 Å². The summed E-state index contributed by atoms with van der Waals surface area (Å²) in [5.74, 6) is -1.08. The number of carbonyl (C=O) groups is 1. The van der Waals surface area contributed by atoms with Crippen molar-refractivity contribution in [3.8, 4) is 5.69 Å². The quantitative estimate of drug-likeness (QED) is 0.769. The number of hydrogen-bond acceptors (Lipinski definition) is 3. The van der Waals surface area contributed by atoms with Crippen LogP contribution in [-0.2, 0) is 24.1 Å². The van der Waals surface area contributed by atoms with Gasteiger partial charge in [0.2, 0.25) is 0 Å². The molecule has 122 valence electrons. The van der Waals surface area contributed by atoms with Crippen LogP contribution in [0, 0.1) is 5.92 Å². The summed E-state index contributed by atoms with van der Waals surface area (Å²) in [5.41, 5.74) is 4.61. The number of rotatable bonds is 7. The first-order valence-corrected chi connectivity index (χ1v) is 8.21. The maximum absolute atomic E-state index is 11.5. The molecule has 0 saturated heterocycles. The maximum atomic E-state index is 11.5. The van der Waals surface area contributed by atoms with Crippen molar-refractivity contribution in [3.05, 3.63) is 47.5 Å². The number of imidazole rings is 1. The Balaban J connectivity index is 1.80. The molecular formula is C18H23N3O2. The van der Waals surface area contributed by atoms with Crippen LogP contribution in [0.15, 0.2) is 30.6 Å². The van der Waals surface area contributed by atoms with Gasteiger partial charge in [0.15, 0.2) is 0 Å². The van der Waals surface area contributed by atoms with Gasteiger partial charge in [0.05, 0.1) is 17.9 Å². The molecule has 0 unspecified atom stereocenters. The number of nitrogens with one attached hydrogen (secondary N) is 1. The zero-order valence-electron chi connectivity index (χ0n) is 13.5. The van der Waals surface area contributed by atoms with Crippen LogP contribution in [0.25, 0.3) is 5.69 Å². The van der Waals surface area contributed by atoms with E-state index in [0.29, 0.717) is 12.8 Å². The molecule has 0 bridgehead atoms. The van der Waals surface area contributed by atoms with E-state index in [1.807, 2.05) is 19.4 Å². The predicted octanol–water partition coefficient (Wildman–Crippen LogP) is 2.21. The van der Waals surface area contributed by atoms with E-state index in [1.165, 1.54) is 16.9 Å². The third-order valence-electron chi connectivity index (χ3n) is 4.60. The molecule has 0 saturated carbocycles. The number of benzene rings is 1. The molecule has 2 N–H and O–H groups in total. The zero-order valence-corrected chi connectivity index (χ0v) is 13.5. The van der Waals surface area contributed by atoms with Gasteiger partial charge in [-0.2, -0.15) is 0 Å². The van der Waals surface area contributed by atoms with Gasteiger partial charge in [-0.1, -0.05) is 18.2 Å². The maximum Gasteiger partial charge on any atom is 0.306 e. The van der Waals surface area contributed by atoms with Crippen molar-refractivity contribution < 1.29 is 9.90 Å². The van der Waals surface area contributed by atoms with Crippen molar-refractivity contribution >= 4 is 5.97 Å². The molecule has 0 spiro atoms. The Morgan fingerprint density at radius 3 is 3.00 bits per heavy atom. The molecule has 23 heavy (non-hydrogen) atoms. The summed E-state index contributed by atoms with van der Waals surface area (Å²) in [4.78, 5) is 16.1. The molecule has 2 aromatic rings. The molecule has 2 heterocycles. The van der Waals surface area contributed by atoms with Crippen molar-refractivity contribution in [2.24, 2.45) is 5.92 Å². The molecule has 0 aliphatic carbocycles. The summed E-state index contributed by atoms with van der Waals surface area (Å²) in [6.07, 6.45) is 5.83. The summed E-state index contributed by atoms with van der Waals surface area (Å²) in [5, 5.41) is 12.5. The van der Waals surface area contributed by atoms with Gasteiger partial charge in [0.25, 0.3) is 0 Å². The molecule has 1 aromatic heterocycles. The van der Waals surface area contributed by atoms with Gasteiger partial charge in [-0.25, -0.2) is 4.98 Å². The van der Waals surface area contributed by atoms with E-state index in [1.54, 1.807) is 0 Å². The van der Waals surface area contributed by atoms with Crippen molar-refractivity contribution in [2.45, 2.75) is 32.1 Å². The summed E-state index contributed by atoms with van der Waals surface area (Å²) >= 11 is 0.